The molecule has 2 aromatic carbocycles. The number of hydrogen-bond donors (Lipinski definition) is 0. The molecule has 3 aromatic rings. The Bertz CT molecular complexity index is 1120. The van der Waals surface area contributed by atoms with E-state index in [9.17, 15) is 17.2 Å². The average Bonchev–Trinajstić information content (AvgIpc) is 3.39. The normalized spacial score (nSPS) is 17.3. The molecule has 0 amide bonds. The predicted molar refractivity (Wildman–Crippen MR) is 103 cm³/mol. The molecule has 1 unspecified atom stereocenters. The lowest BCUT2D eigenvalue weighted by molar-refractivity contribution is 0.242. The van der Waals surface area contributed by atoms with Crippen LogP contribution in [0.5, 0.6) is 5.75 Å². The van der Waals surface area contributed by atoms with Crippen molar-refractivity contribution in [2.24, 2.45) is 0 Å². The minimum Gasteiger partial charge on any atom is -0.484 e. The van der Waals surface area contributed by atoms with Crippen molar-refractivity contribution in [1.29, 1.82) is 0 Å². The molecule has 7 nitrogen and oxygen atoms in total. The molecule has 1 aliphatic rings. The van der Waals surface area contributed by atoms with E-state index >= 15 is 0 Å². The first-order chi connectivity index (χ1) is 14.4. The van der Waals surface area contributed by atoms with E-state index < -0.39 is 21.6 Å². The van der Waals surface area contributed by atoms with Crippen LogP contribution in [0.1, 0.15) is 29.6 Å². The second-order valence-electron chi connectivity index (χ2n) is 6.98. The fraction of sp³-hybridized carbons (Fsp3) is 0.300. The topological polar surface area (TPSA) is 85.5 Å². The zero-order valence-electron chi connectivity index (χ0n) is 15.9. The highest BCUT2D eigenvalue weighted by Gasteiger charge is 2.34. The highest BCUT2D eigenvalue weighted by molar-refractivity contribution is 7.88. The fourth-order valence-corrected chi connectivity index (χ4v) is 4.86. The molecule has 10 heteroatoms. The summed E-state index contributed by atoms with van der Waals surface area (Å²) in [6.07, 6.45) is 0.536. The van der Waals surface area contributed by atoms with Crippen LogP contribution in [0.2, 0.25) is 0 Å². The minimum absolute atomic E-state index is 0.0145. The standard InChI is InChI=1S/C20H19F2N3O4S/c21-16-5-7-17(8-6-16)28-12-19-23-20(24-29-19)14-9-10-25(11-14)30(26,27)13-15-3-1-2-4-18(15)22/h1-8,14H,9-13H2. The van der Waals surface area contributed by atoms with Crippen LogP contribution in [0.15, 0.2) is 53.1 Å². The van der Waals surface area contributed by atoms with Crippen molar-refractivity contribution in [3.63, 3.8) is 0 Å². The van der Waals surface area contributed by atoms with Crippen LogP contribution < -0.4 is 4.74 Å². The number of ether oxygens (including phenoxy) is 1. The third-order valence-corrected chi connectivity index (χ3v) is 6.66. The zero-order chi connectivity index (χ0) is 21.1. The quantitative estimate of drug-likeness (QED) is 0.566. The number of sulfonamides is 1. The van der Waals surface area contributed by atoms with E-state index in [0.29, 0.717) is 24.5 Å². The summed E-state index contributed by atoms with van der Waals surface area (Å²) in [7, 11) is -3.67. The SMILES string of the molecule is O=S(=O)(Cc1ccccc1F)N1CCC(c2noc(COc3ccc(F)cc3)n2)C1. The van der Waals surface area contributed by atoms with Crippen LogP contribution in [-0.2, 0) is 22.4 Å². The summed E-state index contributed by atoms with van der Waals surface area (Å²) in [5, 5.41) is 3.93. The van der Waals surface area contributed by atoms with Crippen LogP contribution in [-0.4, -0.2) is 36.0 Å². The summed E-state index contributed by atoms with van der Waals surface area (Å²) >= 11 is 0. The van der Waals surface area contributed by atoms with Crippen molar-refractivity contribution in [3.8, 4) is 5.75 Å². The van der Waals surface area contributed by atoms with Crippen molar-refractivity contribution >= 4 is 10.0 Å². The summed E-state index contributed by atoms with van der Waals surface area (Å²) in [5.41, 5.74) is 0.140. The van der Waals surface area contributed by atoms with Gasteiger partial charge in [0.1, 0.15) is 17.4 Å². The largest absolute Gasteiger partial charge is 0.484 e. The van der Waals surface area contributed by atoms with Gasteiger partial charge < -0.3 is 9.26 Å². The Kier molecular flexibility index (Phi) is 5.78. The van der Waals surface area contributed by atoms with Crippen molar-refractivity contribution in [3.05, 3.63) is 77.4 Å². The van der Waals surface area contributed by atoms with Gasteiger partial charge in [-0.3, -0.25) is 0 Å². The van der Waals surface area contributed by atoms with E-state index in [2.05, 4.69) is 10.1 Å². The Hall–Kier alpha value is -2.85. The molecule has 0 spiro atoms. The Morgan fingerprint density at radius 3 is 2.67 bits per heavy atom. The molecule has 1 fully saturated rings. The lowest BCUT2D eigenvalue weighted by Gasteiger charge is -2.16. The first-order valence-corrected chi connectivity index (χ1v) is 10.9. The van der Waals surface area contributed by atoms with Crippen molar-refractivity contribution in [1.82, 2.24) is 14.4 Å². The highest BCUT2D eigenvalue weighted by atomic mass is 32.2. The summed E-state index contributed by atoms with van der Waals surface area (Å²) < 4.78 is 64.1. The number of benzene rings is 2. The Balaban J connectivity index is 1.36. The van der Waals surface area contributed by atoms with Gasteiger partial charge in [-0.05, 0) is 36.8 Å². The highest BCUT2D eigenvalue weighted by Crippen LogP contribution is 2.28. The predicted octanol–water partition coefficient (Wildman–Crippen LogP) is 3.25. The maximum atomic E-state index is 13.8. The molecule has 158 valence electrons. The third kappa shape index (κ3) is 4.65. The molecular weight excluding hydrogens is 416 g/mol. The maximum Gasteiger partial charge on any atom is 0.264 e. The molecule has 0 N–H and O–H groups in total. The van der Waals surface area contributed by atoms with Gasteiger partial charge in [0.15, 0.2) is 12.4 Å². The number of rotatable bonds is 7. The molecule has 2 heterocycles. The van der Waals surface area contributed by atoms with E-state index in [1.54, 1.807) is 6.07 Å². The van der Waals surface area contributed by atoms with Crippen molar-refractivity contribution in [2.45, 2.75) is 24.7 Å². The van der Waals surface area contributed by atoms with Gasteiger partial charge in [0.2, 0.25) is 10.0 Å². The lowest BCUT2D eigenvalue weighted by Crippen LogP contribution is -2.30. The van der Waals surface area contributed by atoms with E-state index in [0.717, 1.165) is 0 Å². The third-order valence-electron chi connectivity index (χ3n) is 4.87. The molecule has 1 saturated heterocycles. The first-order valence-electron chi connectivity index (χ1n) is 9.33. The van der Waals surface area contributed by atoms with Gasteiger partial charge in [-0.2, -0.15) is 4.98 Å². The second kappa shape index (κ2) is 8.49. The Morgan fingerprint density at radius 1 is 1.13 bits per heavy atom. The molecule has 30 heavy (non-hydrogen) atoms. The number of hydrogen-bond acceptors (Lipinski definition) is 6. The molecule has 0 aliphatic carbocycles. The number of nitrogens with zero attached hydrogens (tertiary/aromatic N) is 3. The number of aromatic nitrogens is 2. The zero-order valence-corrected chi connectivity index (χ0v) is 16.7. The van der Waals surface area contributed by atoms with Crippen LogP contribution in [0.4, 0.5) is 8.78 Å². The number of halogens is 2. The Morgan fingerprint density at radius 2 is 1.90 bits per heavy atom. The lowest BCUT2D eigenvalue weighted by atomic mass is 10.1. The van der Waals surface area contributed by atoms with E-state index in [-0.39, 0.29) is 36.3 Å². The summed E-state index contributed by atoms with van der Waals surface area (Å²) in [5.74, 6) is -0.418. The molecule has 0 saturated carbocycles. The molecule has 0 bridgehead atoms. The summed E-state index contributed by atoms with van der Waals surface area (Å²) in [6.45, 7) is 0.520. The van der Waals surface area contributed by atoms with Gasteiger partial charge in [-0.1, -0.05) is 23.4 Å². The van der Waals surface area contributed by atoms with Gasteiger partial charge in [0, 0.05) is 24.6 Å². The second-order valence-corrected chi connectivity index (χ2v) is 8.95. The van der Waals surface area contributed by atoms with E-state index in [1.807, 2.05) is 0 Å². The summed E-state index contributed by atoms with van der Waals surface area (Å²) in [6, 6.07) is 11.4. The molecular formula is C20H19F2N3O4S. The fourth-order valence-electron chi connectivity index (χ4n) is 3.26. The van der Waals surface area contributed by atoms with Gasteiger partial charge in [-0.15, -0.1) is 0 Å². The smallest absolute Gasteiger partial charge is 0.264 e. The van der Waals surface area contributed by atoms with Crippen LogP contribution in [0, 0.1) is 11.6 Å². The molecule has 4 rings (SSSR count). The van der Waals surface area contributed by atoms with Crippen molar-refractivity contribution in [2.75, 3.05) is 13.1 Å². The van der Waals surface area contributed by atoms with Crippen LogP contribution in [0.25, 0.3) is 0 Å². The van der Waals surface area contributed by atoms with Crippen LogP contribution in [0.3, 0.4) is 0 Å². The monoisotopic (exact) mass is 435 g/mol. The molecule has 1 aromatic heterocycles. The van der Waals surface area contributed by atoms with Gasteiger partial charge in [0.25, 0.3) is 5.89 Å². The minimum atomic E-state index is -3.67. The van der Waals surface area contributed by atoms with E-state index in [4.69, 9.17) is 9.26 Å². The van der Waals surface area contributed by atoms with Gasteiger partial charge in [-0.25, -0.2) is 21.5 Å². The average molecular weight is 435 g/mol. The molecule has 1 aliphatic heterocycles. The van der Waals surface area contributed by atoms with E-state index in [1.165, 1.54) is 46.8 Å². The van der Waals surface area contributed by atoms with Gasteiger partial charge in [0.05, 0.1) is 5.75 Å². The Labute approximate surface area is 172 Å². The maximum absolute atomic E-state index is 13.8. The van der Waals surface area contributed by atoms with Crippen LogP contribution >= 0.6 is 0 Å². The van der Waals surface area contributed by atoms with Crippen molar-refractivity contribution < 1.29 is 26.5 Å². The first kappa shape index (κ1) is 20.4. The summed E-state index contributed by atoms with van der Waals surface area (Å²) in [4.78, 5) is 4.28. The molecule has 0 radical (unpaired) electrons. The van der Waals surface area contributed by atoms with Gasteiger partial charge >= 0.3 is 0 Å². The molecule has 1 atom stereocenters.